The fourth-order valence-electron chi connectivity index (χ4n) is 1.51. The third kappa shape index (κ3) is 1.56. The zero-order valence-electron chi connectivity index (χ0n) is 7.09. The third-order valence-corrected chi connectivity index (χ3v) is 2.18. The summed E-state index contributed by atoms with van der Waals surface area (Å²) in [5.74, 6) is 0. The van der Waals surface area contributed by atoms with E-state index in [0.717, 1.165) is 26.2 Å². The summed E-state index contributed by atoms with van der Waals surface area (Å²) in [4.78, 5) is 5.42. The highest BCUT2D eigenvalue weighted by atomic mass is 15.2. The summed E-state index contributed by atoms with van der Waals surface area (Å²) in [6.45, 7) is 4.42. The molecule has 1 saturated heterocycles. The lowest BCUT2D eigenvalue weighted by Gasteiger charge is -2.28. The maximum atomic E-state index is 3.33. The molecule has 2 N–H and O–H groups in total. The van der Waals surface area contributed by atoms with Crippen molar-refractivity contribution in [3.05, 3.63) is 24.5 Å². The Labute approximate surface area is 72.4 Å². The molecule has 0 aliphatic carbocycles. The molecule has 2 heterocycles. The first-order chi connectivity index (χ1) is 5.97. The highest BCUT2D eigenvalue weighted by Crippen LogP contribution is 2.10. The lowest BCUT2D eigenvalue weighted by Crippen LogP contribution is -2.43. The number of aromatic nitrogens is 1. The number of H-pyrrole nitrogens is 1. The van der Waals surface area contributed by atoms with E-state index in [-0.39, 0.29) is 0 Å². The Balaban J connectivity index is 2.08. The van der Waals surface area contributed by atoms with E-state index in [0.29, 0.717) is 0 Å². The molecule has 2 rings (SSSR count). The van der Waals surface area contributed by atoms with Gasteiger partial charge in [-0.2, -0.15) is 0 Å². The van der Waals surface area contributed by atoms with Crippen molar-refractivity contribution in [3.63, 3.8) is 0 Å². The van der Waals surface area contributed by atoms with Crippen LogP contribution < -0.4 is 15.2 Å². The number of pyridine rings is 1. The predicted octanol–water partition coefficient (Wildman–Crippen LogP) is -0.0897. The van der Waals surface area contributed by atoms with E-state index in [4.69, 9.17) is 0 Å². The molecule has 1 fully saturated rings. The molecule has 0 aromatic carbocycles. The van der Waals surface area contributed by atoms with Gasteiger partial charge in [0.15, 0.2) is 12.4 Å². The highest BCUT2D eigenvalue weighted by Gasteiger charge is 2.09. The van der Waals surface area contributed by atoms with Gasteiger partial charge in [-0.15, -0.1) is 0 Å². The average molecular weight is 164 g/mol. The Bertz CT molecular complexity index is 229. The number of nitrogens with one attached hydrogen (secondary N) is 2. The van der Waals surface area contributed by atoms with Crippen molar-refractivity contribution >= 4 is 5.69 Å². The molecule has 0 amide bonds. The summed E-state index contributed by atoms with van der Waals surface area (Å²) < 4.78 is 0. The molecular formula is C9H14N3+. The molecule has 0 unspecified atom stereocenters. The second-order valence-electron chi connectivity index (χ2n) is 3.00. The van der Waals surface area contributed by atoms with Crippen molar-refractivity contribution in [1.29, 1.82) is 0 Å². The first-order valence-electron chi connectivity index (χ1n) is 4.38. The molecule has 1 aliphatic heterocycles. The van der Waals surface area contributed by atoms with Gasteiger partial charge in [0.05, 0.1) is 0 Å². The maximum Gasteiger partial charge on any atom is 0.169 e. The quantitative estimate of drug-likeness (QED) is 0.628. The Morgan fingerprint density at radius 2 is 1.83 bits per heavy atom. The Morgan fingerprint density at radius 1 is 1.17 bits per heavy atom. The van der Waals surface area contributed by atoms with Crippen LogP contribution in [0.5, 0.6) is 0 Å². The van der Waals surface area contributed by atoms with Crippen LogP contribution in [0, 0.1) is 0 Å². The molecule has 0 bridgehead atoms. The molecule has 3 nitrogen and oxygen atoms in total. The summed E-state index contributed by atoms with van der Waals surface area (Å²) in [7, 11) is 0. The summed E-state index contributed by atoms with van der Waals surface area (Å²) in [5, 5.41) is 3.33. The molecule has 1 aliphatic rings. The Kier molecular flexibility index (Phi) is 2.23. The summed E-state index contributed by atoms with van der Waals surface area (Å²) >= 11 is 0. The normalized spacial score (nSPS) is 17.8. The van der Waals surface area contributed by atoms with Crippen LogP contribution >= 0.6 is 0 Å². The lowest BCUT2D eigenvalue weighted by atomic mass is 10.3. The number of hydrogen-bond donors (Lipinski definition) is 1. The van der Waals surface area contributed by atoms with Gasteiger partial charge in [0.2, 0.25) is 0 Å². The standard InChI is InChI=1S/C9H13N3/c1-3-10-4-2-9(1)12-7-5-11-6-8-12/h1-4,11H,5-8H2/p+1. The maximum absolute atomic E-state index is 3.33. The van der Waals surface area contributed by atoms with E-state index in [1.54, 1.807) is 0 Å². The van der Waals surface area contributed by atoms with Crippen LogP contribution in [0.15, 0.2) is 24.5 Å². The Hall–Kier alpha value is -1.09. The second-order valence-corrected chi connectivity index (χ2v) is 3.00. The van der Waals surface area contributed by atoms with Crippen LogP contribution in [-0.2, 0) is 0 Å². The van der Waals surface area contributed by atoms with Crippen LogP contribution in [0.1, 0.15) is 0 Å². The molecule has 0 spiro atoms. The number of nitrogens with zero attached hydrogens (tertiary/aromatic N) is 1. The molecular weight excluding hydrogens is 150 g/mol. The van der Waals surface area contributed by atoms with E-state index in [1.807, 2.05) is 12.4 Å². The van der Waals surface area contributed by atoms with Gasteiger partial charge in [-0.3, -0.25) is 0 Å². The fraction of sp³-hybridized carbons (Fsp3) is 0.444. The molecule has 1 aromatic heterocycles. The van der Waals surface area contributed by atoms with Crippen molar-refractivity contribution in [1.82, 2.24) is 5.32 Å². The monoisotopic (exact) mass is 164 g/mol. The third-order valence-electron chi connectivity index (χ3n) is 2.18. The number of rotatable bonds is 1. The minimum absolute atomic E-state index is 1.10. The molecule has 64 valence electrons. The first kappa shape index (κ1) is 7.55. The molecule has 0 atom stereocenters. The first-order valence-corrected chi connectivity index (χ1v) is 4.38. The van der Waals surface area contributed by atoms with Gasteiger partial charge in [0.25, 0.3) is 0 Å². The largest absolute Gasteiger partial charge is 0.369 e. The van der Waals surface area contributed by atoms with Gasteiger partial charge in [-0.25, -0.2) is 4.98 Å². The van der Waals surface area contributed by atoms with Gasteiger partial charge < -0.3 is 10.2 Å². The van der Waals surface area contributed by atoms with Crippen LogP contribution in [0.25, 0.3) is 0 Å². The number of aromatic amines is 1. The van der Waals surface area contributed by atoms with Crippen LogP contribution in [0.4, 0.5) is 5.69 Å². The van der Waals surface area contributed by atoms with Crippen LogP contribution in [0.2, 0.25) is 0 Å². The number of hydrogen-bond acceptors (Lipinski definition) is 2. The van der Waals surface area contributed by atoms with Gasteiger partial charge in [-0.1, -0.05) is 0 Å². The molecule has 0 radical (unpaired) electrons. The van der Waals surface area contributed by atoms with E-state index < -0.39 is 0 Å². The molecule has 0 saturated carbocycles. The van der Waals surface area contributed by atoms with Crippen molar-refractivity contribution in [2.75, 3.05) is 31.1 Å². The predicted molar refractivity (Wildman–Crippen MR) is 48.1 cm³/mol. The minimum atomic E-state index is 1.10. The smallest absolute Gasteiger partial charge is 0.169 e. The zero-order valence-corrected chi connectivity index (χ0v) is 7.09. The average Bonchev–Trinajstić information content (AvgIpc) is 2.21. The number of anilines is 1. The van der Waals surface area contributed by atoms with E-state index in [9.17, 15) is 0 Å². The van der Waals surface area contributed by atoms with Gasteiger partial charge in [0.1, 0.15) is 0 Å². The Morgan fingerprint density at radius 3 is 2.50 bits per heavy atom. The van der Waals surface area contributed by atoms with Crippen LogP contribution in [-0.4, -0.2) is 26.2 Å². The van der Waals surface area contributed by atoms with Crippen molar-refractivity contribution < 1.29 is 4.98 Å². The fourth-order valence-corrected chi connectivity index (χ4v) is 1.51. The summed E-state index contributed by atoms with van der Waals surface area (Å²) in [6, 6.07) is 4.23. The molecule has 3 heteroatoms. The SMILES string of the molecule is c1cc(N2CCNCC2)cc[nH+]1. The summed E-state index contributed by atoms with van der Waals surface area (Å²) in [5.41, 5.74) is 1.32. The van der Waals surface area contributed by atoms with Crippen molar-refractivity contribution in [2.45, 2.75) is 0 Å². The van der Waals surface area contributed by atoms with E-state index in [1.165, 1.54) is 5.69 Å². The molecule has 12 heavy (non-hydrogen) atoms. The zero-order chi connectivity index (χ0) is 8.23. The van der Waals surface area contributed by atoms with Crippen molar-refractivity contribution in [3.8, 4) is 0 Å². The van der Waals surface area contributed by atoms with Gasteiger partial charge in [-0.05, 0) is 0 Å². The van der Waals surface area contributed by atoms with Gasteiger partial charge in [0, 0.05) is 44.0 Å². The van der Waals surface area contributed by atoms with Crippen LogP contribution in [0.3, 0.4) is 0 Å². The number of piperazine rings is 1. The topological polar surface area (TPSA) is 29.4 Å². The summed E-state index contributed by atoms with van der Waals surface area (Å²) in [6.07, 6.45) is 3.94. The lowest BCUT2D eigenvalue weighted by molar-refractivity contribution is -0.377. The van der Waals surface area contributed by atoms with Gasteiger partial charge >= 0.3 is 0 Å². The minimum Gasteiger partial charge on any atom is -0.369 e. The van der Waals surface area contributed by atoms with E-state index >= 15 is 0 Å². The van der Waals surface area contributed by atoms with Crippen molar-refractivity contribution in [2.24, 2.45) is 0 Å². The van der Waals surface area contributed by atoms with E-state index in [2.05, 4.69) is 27.3 Å². The highest BCUT2D eigenvalue weighted by molar-refractivity contribution is 5.44. The molecule has 1 aromatic rings. The second kappa shape index (κ2) is 3.54.